The first kappa shape index (κ1) is 12.7. The minimum atomic E-state index is -1.28. The smallest absolute Gasteiger partial charge is 0.306 e. The van der Waals surface area contributed by atoms with E-state index in [1.807, 2.05) is 19.9 Å². The third-order valence-electron chi connectivity index (χ3n) is 2.38. The van der Waals surface area contributed by atoms with Gasteiger partial charge in [0.1, 0.15) is 5.60 Å². The SMILES string of the molecule is CC(C)C(O)(CC(=O)O)c1ccc(Br)s1. The van der Waals surface area contributed by atoms with Gasteiger partial charge >= 0.3 is 5.97 Å². The molecule has 0 saturated heterocycles. The Labute approximate surface area is 101 Å². The van der Waals surface area contributed by atoms with Crippen molar-refractivity contribution in [3.63, 3.8) is 0 Å². The number of carbonyl (C=O) groups is 1. The number of aliphatic carboxylic acids is 1. The van der Waals surface area contributed by atoms with Gasteiger partial charge in [0.25, 0.3) is 0 Å². The number of halogens is 1. The van der Waals surface area contributed by atoms with Crippen molar-refractivity contribution in [2.45, 2.75) is 25.9 Å². The standard InChI is InChI=1S/C10H13BrO3S/c1-6(2)10(14,5-9(12)13)7-3-4-8(11)15-7/h3-4,6,14H,5H2,1-2H3,(H,12,13). The van der Waals surface area contributed by atoms with E-state index >= 15 is 0 Å². The van der Waals surface area contributed by atoms with Crippen LogP contribution in [0.1, 0.15) is 25.1 Å². The summed E-state index contributed by atoms with van der Waals surface area (Å²) in [7, 11) is 0. The van der Waals surface area contributed by atoms with Crippen LogP contribution < -0.4 is 0 Å². The van der Waals surface area contributed by atoms with E-state index in [-0.39, 0.29) is 12.3 Å². The van der Waals surface area contributed by atoms with Gasteiger partial charge in [-0.3, -0.25) is 4.79 Å². The number of carboxylic acid groups (broad SMARTS) is 1. The highest BCUT2D eigenvalue weighted by Crippen LogP contribution is 2.38. The molecule has 0 saturated carbocycles. The average molecular weight is 293 g/mol. The topological polar surface area (TPSA) is 57.5 Å². The molecule has 15 heavy (non-hydrogen) atoms. The van der Waals surface area contributed by atoms with E-state index in [1.165, 1.54) is 11.3 Å². The van der Waals surface area contributed by atoms with Crippen LogP contribution >= 0.6 is 27.3 Å². The van der Waals surface area contributed by atoms with E-state index in [1.54, 1.807) is 6.07 Å². The molecule has 0 aromatic carbocycles. The summed E-state index contributed by atoms with van der Waals surface area (Å²) in [6.45, 7) is 3.63. The molecule has 0 amide bonds. The van der Waals surface area contributed by atoms with Gasteiger partial charge in [0.05, 0.1) is 10.2 Å². The molecule has 2 N–H and O–H groups in total. The molecule has 0 spiro atoms. The van der Waals surface area contributed by atoms with Crippen molar-refractivity contribution >= 4 is 33.2 Å². The van der Waals surface area contributed by atoms with Crippen LogP contribution in [0, 0.1) is 5.92 Å². The van der Waals surface area contributed by atoms with Crippen molar-refractivity contribution in [3.05, 3.63) is 20.8 Å². The number of hydrogen-bond acceptors (Lipinski definition) is 3. The lowest BCUT2D eigenvalue weighted by molar-refractivity contribution is -0.145. The molecule has 0 aliphatic heterocycles. The van der Waals surface area contributed by atoms with Crippen LogP contribution in [0.15, 0.2) is 15.9 Å². The molecule has 0 bridgehead atoms. The summed E-state index contributed by atoms with van der Waals surface area (Å²) in [5.74, 6) is -1.13. The van der Waals surface area contributed by atoms with Gasteiger partial charge in [-0.15, -0.1) is 11.3 Å². The molecule has 1 rings (SSSR count). The van der Waals surface area contributed by atoms with Crippen LogP contribution in [0.2, 0.25) is 0 Å². The number of hydrogen-bond donors (Lipinski definition) is 2. The fourth-order valence-electron chi connectivity index (χ4n) is 1.35. The largest absolute Gasteiger partial charge is 0.481 e. The lowest BCUT2D eigenvalue weighted by atomic mass is 9.86. The Balaban J connectivity index is 3.06. The molecule has 0 fully saturated rings. The van der Waals surface area contributed by atoms with Crippen LogP contribution in [0.3, 0.4) is 0 Å². The highest BCUT2D eigenvalue weighted by atomic mass is 79.9. The van der Waals surface area contributed by atoms with E-state index in [4.69, 9.17) is 5.11 Å². The minimum absolute atomic E-state index is 0.140. The number of aliphatic hydroxyl groups is 1. The summed E-state index contributed by atoms with van der Waals surface area (Å²) in [5, 5.41) is 19.2. The summed E-state index contributed by atoms with van der Waals surface area (Å²) in [4.78, 5) is 11.4. The summed E-state index contributed by atoms with van der Waals surface area (Å²) in [6.07, 6.45) is -0.266. The van der Waals surface area contributed by atoms with Gasteiger partial charge in [-0.1, -0.05) is 13.8 Å². The predicted molar refractivity (Wildman–Crippen MR) is 63.0 cm³/mol. The highest BCUT2D eigenvalue weighted by Gasteiger charge is 2.36. The molecule has 0 radical (unpaired) electrons. The quantitative estimate of drug-likeness (QED) is 0.897. The maximum atomic E-state index is 10.7. The molecular weight excluding hydrogens is 280 g/mol. The van der Waals surface area contributed by atoms with Crippen molar-refractivity contribution < 1.29 is 15.0 Å². The predicted octanol–water partition coefficient (Wildman–Crippen LogP) is 2.83. The second-order valence-corrected chi connectivity index (χ2v) is 6.22. The first-order chi connectivity index (χ1) is 6.86. The van der Waals surface area contributed by atoms with Gasteiger partial charge in [0, 0.05) is 4.88 Å². The zero-order valence-corrected chi connectivity index (χ0v) is 10.9. The molecule has 0 aliphatic rings. The molecule has 1 aromatic rings. The van der Waals surface area contributed by atoms with Crippen molar-refractivity contribution in [2.24, 2.45) is 5.92 Å². The fourth-order valence-corrected chi connectivity index (χ4v) is 2.98. The number of rotatable bonds is 4. The minimum Gasteiger partial charge on any atom is -0.481 e. The Morgan fingerprint density at radius 2 is 2.20 bits per heavy atom. The number of thiophene rings is 1. The Kier molecular flexibility index (Phi) is 3.92. The van der Waals surface area contributed by atoms with Crippen LogP contribution in [0.25, 0.3) is 0 Å². The molecule has 3 nitrogen and oxygen atoms in total. The van der Waals surface area contributed by atoms with E-state index in [0.717, 1.165) is 3.79 Å². The van der Waals surface area contributed by atoms with Gasteiger partial charge < -0.3 is 10.2 Å². The van der Waals surface area contributed by atoms with Crippen LogP contribution in [0.5, 0.6) is 0 Å². The average Bonchev–Trinajstić information content (AvgIpc) is 2.50. The third kappa shape index (κ3) is 2.80. The van der Waals surface area contributed by atoms with Crippen LogP contribution in [-0.4, -0.2) is 16.2 Å². The fraction of sp³-hybridized carbons (Fsp3) is 0.500. The Bertz CT molecular complexity index is 361. The molecule has 0 aliphatic carbocycles. The van der Waals surface area contributed by atoms with Crippen molar-refractivity contribution in [2.75, 3.05) is 0 Å². The zero-order chi connectivity index (χ0) is 11.6. The van der Waals surface area contributed by atoms with E-state index in [0.29, 0.717) is 4.88 Å². The van der Waals surface area contributed by atoms with Crippen LogP contribution in [0.4, 0.5) is 0 Å². The maximum Gasteiger partial charge on any atom is 0.306 e. The lowest BCUT2D eigenvalue weighted by Gasteiger charge is -2.29. The van der Waals surface area contributed by atoms with E-state index in [2.05, 4.69) is 15.9 Å². The van der Waals surface area contributed by atoms with E-state index in [9.17, 15) is 9.90 Å². The van der Waals surface area contributed by atoms with Gasteiger partial charge in [-0.05, 0) is 34.0 Å². The molecule has 5 heteroatoms. The van der Waals surface area contributed by atoms with Gasteiger partial charge in [-0.2, -0.15) is 0 Å². The molecule has 1 unspecified atom stereocenters. The molecular formula is C10H13BrO3S. The molecule has 1 aromatic heterocycles. The first-order valence-corrected chi connectivity index (χ1v) is 6.17. The molecule has 1 heterocycles. The van der Waals surface area contributed by atoms with Crippen molar-refractivity contribution in [3.8, 4) is 0 Å². The maximum absolute atomic E-state index is 10.7. The van der Waals surface area contributed by atoms with E-state index < -0.39 is 11.6 Å². The summed E-state index contributed by atoms with van der Waals surface area (Å²) in [5.41, 5.74) is -1.28. The third-order valence-corrected chi connectivity index (χ3v) is 4.17. The summed E-state index contributed by atoms with van der Waals surface area (Å²) in [6, 6.07) is 3.58. The van der Waals surface area contributed by atoms with Crippen molar-refractivity contribution in [1.82, 2.24) is 0 Å². The van der Waals surface area contributed by atoms with Crippen LogP contribution in [-0.2, 0) is 10.4 Å². The second kappa shape index (κ2) is 4.63. The summed E-state index contributed by atoms with van der Waals surface area (Å²) >= 11 is 4.67. The second-order valence-electron chi connectivity index (χ2n) is 3.75. The monoisotopic (exact) mass is 292 g/mol. The molecule has 1 atom stereocenters. The van der Waals surface area contributed by atoms with Gasteiger partial charge in [0.15, 0.2) is 0 Å². The Morgan fingerprint density at radius 1 is 1.60 bits per heavy atom. The molecule has 84 valence electrons. The zero-order valence-electron chi connectivity index (χ0n) is 8.53. The van der Waals surface area contributed by atoms with Crippen molar-refractivity contribution in [1.29, 1.82) is 0 Å². The lowest BCUT2D eigenvalue weighted by Crippen LogP contribution is -2.33. The first-order valence-electron chi connectivity index (χ1n) is 4.56. The normalized spacial score (nSPS) is 15.3. The summed E-state index contributed by atoms with van der Waals surface area (Å²) < 4.78 is 0.891. The Hall–Kier alpha value is -0.390. The Morgan fingerprint density at radius 3 is 2.53 bits per heavy atom. The van der Waals surface area contributed by atoms with Gasteiger partial charge in [0.2, 0.25) is 0 Å². The highest BCUT2D eigenvalue weighted by molar-refractivity contribution is 9.11. The number of carboxylic acids is 1. The van der Waals surface area contributed by atoms with Gasteiger partial charge in [-0.25, -0.2) is 0 Å².